The van der Waals surface area contributed by atoms with E-state index in [0.717, 1.165) is 0 Å². The molecule has 0 unspecified atom stereocenters. The van der Waals surface area contributed by atoms with E-state index in [-0.39, 0.29) is 31.4 Å². The van der Waals surface area contributed by atoms with Crippen LogP contribution in [0.25, 0.3) is 10.8 Å². The van der Waals surface area contributed by atoms with Gasteiger partial charge >= 0.3 is 30.8 Å². The van der Waals surface area contributed by atoms with E-state index in [1.54, 1.807) is 24.3 Å². The Balaban J connectivity index is 0.00000144. The fourth-order valence-corrected chi connectivity index (χ4v) is 1.59. The van der Waals surface area contributed by atoms with Gasteiger partial charge in [0, 0.05) is 0 Å². The zero-order valence-electron chi connectivity index (χ0n) is 10.2. The first kappa shape index (κ1) is 13.3. The van der Waals surface area contributed by atoms with Crippen molar-refractivity contribution >= 4 is 22.7 Å². The van der Waals surface area contributed by atoms with Gasteiger partial charge in [0.25, 0.3) is 0 Å². The first-order valence-electron chi connectivity index (χ1n) is 4.59. The van der Waals surface area contributed by atoms with E-state index in [1.165, 1.54) is 12.1 Å². The summed E-state index contributed by atoms with van der Waals surface area (Å²) in [5, 5.41) is 19.2. The van der Waals surface area contributed by atoms with Gasteiger partial charge in [0.2, 0.25) is 0 Å². The minimum absolute atomic E-state index is 0. The summed E-state index contributed by atoms with van der Waals surface area (Å²) in [6.45, 7) is 0. The number of carboxylic acids is 2. The molecule has 2 aromatic carbocycles. The Kier molecular flexibility index (Phi) is 3.95. The molecule has 0 saturated heterocycles. The second-order valence-corrected chi connectivity index (χ2v) is 3.36. The fourth-order valence-electron chi connectivity index (χ4n) is 1.59. The Hall–Kier alpha value is -1.76. The molecule has 0 radical (unpaired) electrons. The number of fused-ring (bicyclic) bond motifs is 1. The van der Waals surface area contributed by atoms with Gasteiger partial charge in [-0.1, -0.05) is 24.3 Å². The van der Waals surface area contributed by atoms with Crippen LogP contribution >= 0.6 is 0 Å². The molecule has 0 aliphatic rings. The topological polar surface area (TPSA) is 74.6 Å². The van der Waals surface area contributed by atoms with Crippen molar-refractivity contribution in [3.8, 4) is 0 Å². The number of carboxylic acid groups (broad SMARTS) is 2. The minimum Gasteiger partial charge on any atom is -1.00 e. The van der Waals surface area contributed by atoms with Crippen LogP contribution in [-0.4, -0.2) is 22.2 Å². The molecule has 17 heavy (non-hydrogen) atoms. The largest absolute Gasteiger partial charge is 1.00 e. The number of hydrogen-bond acceptors (Lipinski definition) is 2. The van der Waals surface area contributed by atoms with Gasteiger partial charge < -0.3 is 11.6 Å². The van der Waals surface area contributed by atoms with E-state index >= 15 is 0 Å². The van der Waals surface area contributed by atoms with E-state index < -0.39 is 11.9 Å². The van der Waals surface area contributed by atoms with Crippen LogP contribution in [0.5, 0.6) is 0 Å². The Morgan fingerprint density at radius 2 is 1.24 bits per heavy atom. The van der Waals surface area contributed by atoms with Gasteiger partial charge in [-0.15, -0.1) is 0 Å². The molecule has 2 aromatic rings. The summed E-state index contributed by atoms with van der Waals surface area (Å²) in [7, 11) is 0. The molecule has 0 heterocycles. The SMILES string of the molecule is O=C(O)c1cc2ccccc2cc1C(=O)O.[H-].[Li+]. The smallest absolute Gasteiger partial charge is 1.00 e. The second-order valence-electron chi connectivity index (χ2n) is 3.36. The monoisotopic (exact) mass is 224 g/mol. The van der Waals surface area contributed by atoms with E-state index in [4.69, 9.17) is 10.2 Å². The van der Waals surface area contributed by atoms with Crippen LogP contribution in [-0.2, 0) is 0 Å². The predicted molar refractivity (Wildman–Crippen MR) is 59.0 cm³/mol. The first-order valence-corrected chi connectivity index (χ1v) is 4.59. The van der Waals surface area contributed by atoms with E-state index in [1.807, 2.05) is 0 Å². The molecular formula is C12H9LiO4. The zero-order chi connectivity index (χ0) is 11.7. The molecule has 0 fully saturated rings. The maximum absolute atomic E-state index is 10.9. The van der Waals surface area contributed by atoms with Gasteiger partial charge in [0.1, 0.15) is 0 Å². The van der Waals surface area contributed by atoms with Crippen LogP contribution in [0, 0.1) is 0 Å². The average molecular weight is 224 g/mol. The van der Waals surface area contributed by atoms with Crippen molar-refractivity contribution in [1.29, 1.82) is 0 Å². The molecule has 0 aliphatic carbocycles. The van der Waals surface area contributed by atoms with E-state index in [0.29, 0.717) is 10.8 Å². The predicted octanol–water partition coefficient (Wildman–Crippen LogP) is -0.647. The third kappa shape index (κ3) is 2.49. The summed E-state index contributed by atoms with van der Waals surface area (Å²) in [4.78, 5) is 21.8. The molecular weight excluding hydrogens is 215 g/mol. The van der Waals surface area contributed by atoms with Gasteiger partial charge in [-0.25, -0.2) is 9.59 Å². The summed E-state index contributed by atoms with van der Waals surface area (Å²) in [5.41, 5.74) is -0.377. The van der Waals surface area contributed by atoms with Crippen LogP contribution in [0.1, 0.15) is 22.1 Å². The second kappa shape index (κ2) is 5.05. The number of carbonyl (C=O) groups is 2. The molecule has 0 spiro atoms. The van der Waals surface area contributed by atoms with Crippen LogP contribution in [0.2, 0.25) is 0 Å². The summed E-state index contributed by atoms with van der Waals surface area (Å²) in [6, 6.07) is 9.78. The van der Waals surface area contributed by atoms with Crippen molar-refractivity contribution < 1.29 is 40.1 Å². The molecule has 0 atom stereocenters. The van der Waals surface area contributed by atoms with Gasteiger partial charge in [-0.05, 0) is 22.9 Å². The third-order valence-electron chi connectivity index (χ3n) is 2.35. The molecule has 0 aliphatic heterocycles. The van der Waals surface area contributed by atoms with Gasteiger partial charge in [-0.3, -0.25) is 0 Å². The van der Waals surface area contributed by atoms with Gasteiger partial charge in [0.15, 0.2) is 0 Å². The Morgan fingerprint density at radius 1 is 0.882 bits per heavy atom. The van der Waals surface area contributed by atoms with Crippen LogP contribution in [0.3, 0.4) is 0 Å². The molecule has 4 nitrogen and oxygen atoms in total. The van der Waals surface area contributed by atoms with E-state index in [2.05, 4.69) is 0 Å². The van der Waals surface area contributed by atoms with Crippen LogP contribution < -0.4 is 18.9 Å². The average Bonchev–Trinajstić information content (AvgIpc) is 2.27. The first-order chi connectivity index (χ1) is 7.59. The van der Waals surface area contributed by atoms with Gasteiger partial charge in [-0.2, -0.15) is 0 Å². The van der Waals surface area contributed by atoms with Crippen molar-refractivity contribution in [3.63, 3.8) is 0 Å². The van der Waals surface area contributed by atoms with Crippen molar-refractivity contribution in [3.05, 3.63) is 47.5 Å². The summed E-state index contributed by atoms with van der Waals surface area (Å²) in [6.07, 6.45) is 0. The maximum Gasteiger partial charge on any atom is 1.00 e. The Morgan fingerprint density at radius 3 is 1.53 bits per heavy atom. The molecule has 0 aromatic heterocycles. The van der Waals surface area contributed by atoms with Crippen LogP contribution in [0.4, 0.5) is 0 Å². The third-order valence-corrected chi connectivity index (χ3v) is 2.35. The van der Waals surface area contributed by atoms with Crippen molar-refractivity contribution in [2.45, 2.75) is 0 Å². The summed E-state index contributed by atoms with van der Waals surface area (Å²) in [5.74, 6) is -2.47. The van der Waals surface area contributed by atoms with Crippen molar-refractivity contribution in [1.82, 2.24) is 0 Å². The summed E-state index contributed by atoms with van der Waals surface area (Å²) >= 11 is 0. The standard InChI is InChI=1S/C12H8O4.Li.H/c13-11(14)9-5-7-3-1-2-4-8(7)6-10(9)12(15)16;;/h1-6H,(H,13,14)(H,15,16);;/q;+1;-1. The van der Waals surface area contributed by atoms with Gasteiger partial charge in [0.05, 0.1) is 11.1 Å². The fraction of sp³-hybridized carbons (Fsp3) is 0. The number of aromatic carboxylic acids is 2. The number of hydrogen-bond donors (Lipinski definition) is 2. The molecule has 82 valence electrons. The molecule has 2 N–H and O–H groups in total. The number of benzene rings is 2. The van der Waals surface area contributed by atoms with Crippen LogP contribution in [0.15, 0.2) is 36.4 Å². The normalized spacial score (nSPS) is 9.65. The number of rotatable bonds is 2. The maximum atomic E-state index is 10.9. The Labute approximate surface area is 111 Å². The van der Waals surface area contributed by atoms with E-state index in [9.17, 15) is 9.59 Å². The minimum atomic E-state index is -1.23. The molecule has 5 heteroatoms. The summed E-state index contributed by atoms with van der Waals surface area (Å²) < 4.78 is 0. The molecule has 2 rings (SSSR count). The Bertz CT molecular complexity index is 545. The zero-order valence-corrected chi connectivity index (χ0v) is 9.18. The molecule has 0 saturated carbocycles. The molecule has 0 bridgehead atoms. The molecule has 0 amide bonds. The van der Waals surface area contributed by atoms with Crippen molar-refractivity contribution in [2.75, 3.05) is 0 Å². The van der Waals surface area contributed by atoms with Crippen molar-refractivity contribution in [2.24, 2.45) is 0 Å². The quantitative estimate of drug-likeness (QED) is 0.665.